The van der Waals surface area contributed by atoms with Gasteiger partial charge in [-0.25, -0.2) is 0 Å². The van der Waals surface area contributed by atoms with Crippen molar-refractivity contribution in [3.05, 3.63) is 66.1 Å². The molecule has 4 heteroatoms. The molecule has 0 spiro atoms. The van der Waals surface area contributed by atoms with Crippen LogP contribution in [0.15, 0.2) is 60.6 Å². The van der Waals surface area contributed by atoms with Gasteiger partial charge in [0.05, 0.1) is 6.61 Å². The van der Waals surface area contributed by atoms with Crippen molar-refractivity contribution in [2.24, 2.45) is 0 Å². The third kappa shape index (κ3) is 4.45. The molecular weight excluding hydrogens is 264 g/mol. The zero-order chi connectivity index (χ0) is 15.1. The summed E-state index contributed by atoms with van der Waals surface area (Å²) in [5, 5.41) is 3.18. The Morgan fingerprint density at radius 2 is 2.05 bits per heavy atom. The number of rotatable bonds is 6. The zero-order valence-electron chi connectivity index (χ0n) is 12.2. The number of benzene rings is 1. The predicted octanol–water partition coefficient (Wildman–Crippen LogP) is 3.68. The average Bonchev–Trinajstić information content (AvgIpc) is 2.50. The van der Waals surface area contributed by atoms with Gasteiger partial charge in [-0.2, -0.15) is 0 Å². The Morgan fingerprint density at radius 1 is 1.29 bits per heavy atom. The highest BCUT2D eigenvalue weighted by molar-refractivity contribution is 6.04. The van der Waals surface area contributed by atoms with E-state index in [9.17, 15) is 4.79 Å². The van der Waals surface area contributed by atoms with Crippen molar-refractivity contribution in [2.45, 2.75) is 13.8 Å². The molecule has 0 atom stereocenters. The van der Waals surface area contributed by atoms with Crippen LogP contribution in [0.3, 0.4) is 0 Å². The molecule has 0 bridgehead atoms. The molecule has 0 fully saturated rings. The summed E-state index contributed by atoms with van der Waals surface area (Å²) in [4.78, 5) is 15.9. The number of ketones is 1. The van der Waals surface area contributed by atoms with Gasteiger partial charge in [0.2, 0.25) is 0 Å². The molecular formula is C17H18N2O2. The van der Waals surface area contributed by atoms with Gasteiger partial charge in [0.15, 0.2) is 5.78 Å². The van der Waals surface area contributed by atoms with Crippen molar-refractivity contribution in [1.29, 1.82) is 0 Å². The number of hydrogen-bond acceptors (Lipinski definition) is 4. The second kappa shape index (κ2) is 7.24. The van der Waals surface area contributed by atoms with Crippen molar-refractivity contribution in [3.8, 4) is 5.75 Å². The van der Waals surface area contributed by atoms with Crippen LogP contribution in [-0.2, 0) is 0 Å². The smallest absolute Gasteiger partial charge is 0.189 e. The molecule has 0 unspecified atom stereocenters. The van der Waals surface area contributed by atoms with E-state index in [-0.39, 0.29) is 5.78 Å². The first-order chi connectivity index (χ1) is 10.2. The van der Waals surface area contributed by atoms with E-state index in [1.54, 1.807) is 30.6 Å². The number of allylic oxidation sites excluding steroid dienone is 2. The summed E-state index contributed by atoms with van der Waals surface area (Å²) in [7, 11) is 0. The normalized spacial score (nSPS) is 11.0. The van der Waals surface area contributed by atoms with E-state index in [0.29, 0.717) is 12.2 Å². The molecule has 0 saturated carbocycles. The van der Waals surface area contributed by atoms with Crippen LogP contribution in [-0.4, -0.2) is 17.4 Å². The fourth-order valence-electron chi connectivity index (χ4n) is 1.85. The minimum Gasteiger partial charge on any atom is -0.494 e. The van der Waals surface area contributed by atoms with Crippen LogP contribution in [0.4, 0.5) is 5.69 Å². The Hall–Kier alpha value is -2.62. The van der Waals surface area contributed by atoms with Crippen LogP contribution in [0, 0.1) is 0 Å². The molecule has 1 heterocycles. The standard InChI is InChI=1S/C17H18N2O2/c1-3-21-16-8-6-15(7-9-16)19-13(2)11-17(20)14-5-4-10-18-12-14/h4-12,19H,3H2,1-2H3. The van der Waals surface area contributed by atoms with Crippen LogP contribution >= 0.6 is 0 Å². The van der Waals surface area contributed by atoms with E-state index in [1.165, 1.54) is 0 Å². The van der Waals surface area contributed by atoms with Crippen LogP contribution in [0.2, 0.25) is 0 Å². The monoisotopic (exact) mass is 282 g/mol. The largest absolute Gasteiger partial charge is 0.494 e. The lowest BCUT2D eigenvalue weighted by Gasteiger charge is -2.08. The summed E-state index contributed by atoms with van der Waals surface area (Å²) in [6.07, 6.45) is 4.77. The molecule has 1 aromatic carbocycles. The molecule has 21 heavy (non-hydrogen) atoms. The van der Waals surface area contributed by atoms with Crippen molar-refractivity contribution in [3.63, 3.8) is 0 Å². The van der Waals surface area contributed by atoms with Gasteiger partial charge in [0, 0.05) is 35.4 Å². The van der Waals surface area contributed by atoms with Crippen molar-refractivity contribution in [2.75, 3.05) is 11.9 Å². The van der Waals surface area contributed by atoms with E-state index < -0.39 is 0 Å². The van der Waals surface area contributed by atoms with Crippen LogP contribution in [0.25, 0.3) is 0 Å². The van der Waals surface area contributed by atoms with Gasteiger partial charge in [0.25, 0.3) is 0 Å². The molecule has 0 aliphatic heterocycles. The summed E-state index contributed by atoms with van der Waals surface area (Å²) in [5.74, 6) is 0.759. The number of nitrogens with one attached hydrogen (secondary N) is 1. The Bertz CT molecular complexity index is 619. The van der Waals surface area contributed by atoms with Crippen molar-refractivity contribution < 1.29 is 9.53 Å². The van der Waals surface area contributed by atoms with Gasteiger partial charge >= 0.3 is 0 Å². The van der Waals surface area contributed by atoms with Crippen LogP contribution in [0.5, 0.6) is 5.75 Å². The van der Waals surface area contributed by atoms with Gasteiger partial charge in [0.1, 0.15) is 5.75 Å². The molecule has 4 nitrogen and oxygen atoms in total. The maximum absolute atomic E-state index is 12.0. The first-order valence-electron chi connectivity index (χ1n) is 6.81. The van der Waals surface area contributed by atoms with Crippen LogP contribution in [0.1, 0.15) is 24.2 Å². The summed E-state index contributed by atoms with van der Waals surface area (Å²) in [6, 6.07) is 11.1. The third-order valence-corrected chi connectivity index (χ3v) is 2.80. The number of aromatic nitrogens is 1. The van der Waals surface area contributed by atoms with E-state index in [1.807, 2.05) is 38.1 Å². The number of ether oxygens (including phenoxy) is 1. The summed E-state index contributed by atoms with van der Waals surface area (Å²) in [6.45, 7) is 4.44. The molecule has 1 N–H and O–H groups in total. The maximum Gasteiger partial charge on any atom is 0.189 e. The molecule has 0 aliphatic rings. The first kappa shape index (κ1) is 14.8. The lowest BCUT2D eigenvalue weighted by molar-refractivity contribution is 0.104. The molecule has 2 aromatic rings. The summed E-state index contributed by atoms with van der Waals surface area (Å²) in [5.41, 5.74) is 2.25. The van der Waals surface area contributed by atoms with E-state index >= 15 is 0 Å². The third-order valence-electron chi connectivity index (χ3n) is 2.80. The number of pyridine rings is 1. The number of anilines is 1. The van der Waals surface area contributed by atoms with Crippen molar-refractivity contribution in [1.82, 2.24) is 4.98 Å². The van der Waals surface area contributed by atoms with Gasteiger partial charge in [-0.1, -0.05) is 0 Å². The molecule has 0 amide bonds. The lowest BCUT2D eigenvalue weighted by atomic mass is 10.1. The molecule has 0 radical (unpaired) electrons. The number of hydrogen-bond donors (Lipinski definition) is 1. The van der Waals surface area contributed by atoms with Crippen LogP contribution < -0.4 is 10.1 Å². The SMILES string of the molecule is CCOc1ccc(NC(C)=CC(=O)c2cccnc2)cc1. The maximum atomic E-state index is 12.0. The second-order valence-corrected chi connectivity index (χ2v) is 4.52. The Labute approximate surface area is 124 Å². The highest BCUT2D eigenvalue weighted by atomic mass is 16.5. The fraction of sp³-hybridized carbons (Fsp3) is 0.176. The molecule has 1 aromatic heterocycles. The second-order valence-electron chi connectivity index (χ2n) is 4.52. The van der Waals surface area contributed by atoms with E-state index in [0.717, 1.165) is 17.1 Å². The predicted molar refractivity (Wildman–Crippen MR) is 83.6 cm³/mol. The summed E-state index contributed by atoms with van der Waals surface area (Å²) < 4.78 is 5.38. The topological polar surface area (TPSA) is 51.2 Å². The molecule has 108 valence electrons. The molecule has 0 aliphatic carbocycles. The van der Waals surface area contributed by atoms with E-state index in [4.69, 9.17) is 4.74 Å². The van der Waals surface area contributed by atoms with Crippen molar-refractivity contribution >= 4 is 11.5 Å². The highest BCUT2D eigenvalue weighted by Gasteiger charge is 2.03. The number of nitrogens with zero attached hydrogens (tertiary/aromatic N) is 1. The molecule has 2 rings (SSSR count). The summed E-state index contributed by atoms with van der Waals surface area (Å²) >= 11 is 0. The highest BCUT2D eigenvalue weighted by Crippen LogP contribution is 2.17. The van der Waals surface area contributed by atoms with Gasteiger partial charge in [-0.15, -0.1) is 0 Å². The van der Waals surface area contributed by atoms with Gasteiger partial charge < -0.3 is 10.1 Å². The average molecular weight is 282 g/mol. The fourth-order valence-corrected chi connectivity index (χ4v) is 1.85. The number of carbonyl (C=O) groups excluding carboxylic acids is 1. The first-order valence-corrected chi connectivity index (χ1v) is 6.81. The van der Waals surface area contributed by atoms with E-state index in [2.05, 4.69) is 10.3 Å². The Kier molecular flexibility index (Phi) is 5.10. The zero-order valence-corrected chi connectivity index (χ0v) is 12.2. The minimum atomic E-state index is -0.0703. The number of carbonyl (C=O) groups is 1. The minimum absolute atomic E-state index is 0.0703. The quantitative estimate of drug-likeness (QED) is 0.648. The Balaban J connectivity index is 2.01. The van der Waals surface area contributed by atoms with Gasteiger partial charge in [-0.3, -0.25) is 9.78 Å². The molecule has 0 saturated heterocycles. The Morgan fingerprint density at radius 3 is 2.67 bits per heavy atom. The lowest BCUT2D eigenvalue weighted by Crippen LogP contribution is -2.01. The van der Waals surface area contributed by atoms with Gasteiger partial charge in [-0.05, 0) is 50.2 Å².